The average molecular weight is 386 g/mol. The highest BCUT2D eigenvalue weighted by Crippen LogP contribution is 2.20. The lowest BCUT2D eigenvalue weighted by Gasteiger charge is -2.23. The molecule has 4 heteroatoms. The van der Waals surface area contributed by atoms with Crippen LogP contribution >= 0.6 is 0 Å². The summed E-state index contributed by atoms with van der Waals surface area (Å²) in [6, 6.07) is 26.4. The van der Waals surface area contributed by atoms with Crippen LogP contribution in [0.2, 0.25) is 0 Å². The maximum Gasteiger partial charge on any atom is 0.258 e. The van der Waals surface area contributed by atoms with Crippen molar-refractivity contribution in [1.82, 2.24) is 5.32 Å². The predicted octanol–water partition coefficient (Wildman–Crippen LogP) is 5.06. The Hall–Kier alpha value is -3.40. The van der Waals surface area contributed by atoms with Gasteiger partial charge in [0.15, 0.2) is 0 Å². The number of anilines is 1. The van der Waals surface area contributed by atoms with Crippen LogP contribution in [-0.2, 0) is 6.54 Å². The Balaban J connectivity index is 1.79. The van der Waals surface area contributed by atoms with Gasteiger partial charge in [-0.1, -0.05) is 61.9 Å². The molecule has 2 amide bonds. The monoisotopic (exact) mass is 386 g/mol. The van der Waals surface area contributed by atoms with Gasteiger partial charge in [-0.2, -0.15) is 0 Å². The van der Waals surface area contributed by atoms with E-state index in [9.17, 15) is 9.59 Å². The van der Waals surface area contributed by atoms with E-state index in [-0.39, 0.29) is 11.8 Å². The average Bonchev–Trinajstić information content (AvgIpc) is 2.78. The van der Waals surface area contributed by atoms with Crippen LogP contribution in [0, 0.1) is 0 Å². The zero-order valence-corrected chi connectivity index (χ0v) is 16.7. The van der Waals surface area contributed by atoms with Gasteiger partial charge in [0, 0.05) is 23.4 Å². The summed E-state index contributed by atoms with van der Waals surface area (Å²) in [7, 11) is 0. The van der Waals surface area contributed by atoms with Gasteiger partial charge in [-0.3, -0.25) is 9.59 Å². The minimum Gasteiger partial charge on any atom is -0.352 e. The molecule has 0 unspecified atom stereocenters. The summed E-state index contributed by atoms with van der Waals surface area (Å²) >= 11 is 0. The molecular formula is C25H26N2O2. The molecule has 4 nitrogen and oxygen atoms in total. The van der Waals surface area contributed by atoms with Crippen LogP contribution in [0.25, 0.3) is 0 Å². The maximum absolute atomic E-state index is 13.3. The lowest BCUT2D eigenvalue weighted by molar-refractivity contribution is 0.0949. The standard InChI is InChI=1S/C25H26N2O2/c1-2-3-18-26-24(28)21-14-16-22(17-15-21)25(29)27(23-12-8-5-9-13-23)19-20-10-6-4-7-11-20/h4-17H,2-3,18-19H2,1H3,(H,26,28). The second kappa shape index (κ2) is 10.2. The van der Waals surface area contributed by atoms with E-state index in [0.29, 0.717) is 24.2 Å². The molecule has 0 radical (unpaired) electrons. The van der Waals surface area contributed by atoms with Crippen molar-refractivity contribution in [3.05, 3.63) is 102 Å². The van der Waals surface area contributed by atoms with Gasteiger partial charge >= 0.3 is 0 Å². The summed E-state index contributed by atoms with van der Waals surface area (Å²) in [5.41, 5.74) is 3.00. The van der Waals surface area contributed by atoms with Gasteiger partial charge in [-0.25, -0.2) is 0 Å². The Kier molecular flexibility index (Phi) is 7.17. The van der Waals surface area contributed by atoms with E-state index < -0.39 is 0 Å². The topological polar surface area (TPSA) is 49.4 Å². The Bertz CT molecular complexity index is 922. The highest BCUT2D eigenvalue weighted by atomic mass is 16.2. The highest BCUT2D eigenvalue weighted by Gasteiger charge is 2.18. The van der Waals surface area contributed by atoms with Crippen molar-refractivity contribution in [2.24, 2.45) is 0 Å². The molecule has 1 N–H and O–H groups in total. The lowest BCUT2D eigenvalue weighted by atomic mass is 10.1. The van der Waals surface area contributed by atoms with Crippen LogP contribution in [0.15, 0.2) is 84.9 Å². The lowest BCUT2D eigenvalue weighted by Crippen LogP contribution is -2.30. The second-order valence-electron chi connectivity index (χ2n) is 6.90. The first-order valence-corrected chi connectivity index (χ1v) is 9.98. The maximum atomic E-state index is 13.3. The van der Waals surface area contributed by atoms with Gasteiger partial charge in [0.25, 0.3) is 11.8 Å². The van der Waals surface area contributed by atoms with Crippen molar-refractivity contribution in [1.29, 1.82) is 0 Å². The Morgan fingerprint density at radius 3 is 2.00 bits per heavy atom. The molecule has 148 valence electrons. The van der Waals surface area contributed by atoms with Gasteiger partial charge in [0.2, 0.25) is 0 Å². The number of para-hydroxylation sites is 1. The summed E-state index contributed by atoms with van der Waals surface area (Å²) in [6.45, 7) is 3.22. The van der Waals surface area contributed by atoms with E-state index in [1.807, 2.05) is 60.7 Å². The zero-order valence-electron chi connectivity index (χ0n) is 16.7. The van der Waals surface area contributed by atoms with E-state index in [4.69, 9.17) is 0 Å². The van der Waals surface area contributed by atoms with Crippen molar-refractivity contribution in [2.75, 3.05) is 11.4 Å². The smallest absolute Gasteiger partial charge is 0.258 e. The van der Waals surface area contributed by atoms with E-state index >= 15 is 0 Å². The number of carbonyl (C=O) groups is 2. The molecule has 29 heavy (non-hydrogen) atoms. The molecule has 0 aliphatic rings. The largest absolute Gasteiger partial charge is 0.352 e. The number of nitrogens with zero attached hydrogens (tertiary/aromatic N) is 1. The van der Waals surface area contributed by atoms with Gasteiger partial charge in [0.1, 0.15) is 0 Å². The molecule has 0 atom stereocenters. The minimum absolute atomic E-state index is 0.0991. The molecule has 0 spiro atoms. The Morgan fingerprint density at radius 2 is 1.38 bits per heavy atom. The summed E-state index contributed by atoms with van der Waals surface area (Å²) < 4.78 is 0. The number of rotatable bonds is 8. The minimum atomic E-state index is -0.110. The quantitative estimate of drug-likeness (QED) is 0.550. The van der Waals surface area contributed by atoms with E-state index in [1.54, 1.807) is 29.2 Å². The van der Waals surface area contributed by atoms with Gasteiger partial charge in [0.05, 0.1) is 6.54 Å². The first kappa shape index (κ1) is 20.3. The van der Waals surface area contributed by atoms with Crippen molar-refractivity contribution < 1.29 is 9.59 Å². The fourth-order valence-corrected chi connectivity index (χ4v) is 3.06. The number of hydrogen-bond acceptors (Lipinski definition) is 2. The SMILES string of the molecule is CCCCNC(=O)c1ccc(C(=O)N(Cc2ccccc2)c2ccccc2)cc1. The molecule has 0 aliphatic heterocycles. The van der Waals surface area contributed by atoms with E-state index in [1.165, 1.54) is 0 Å². The number of hydrogen-bond donors (Lipinski definition) is 1. The van der Waals surface area contributed by atoms with Crippen LogP contribution in [0.5, 0.6) is 0 Å². The first-order valence-electron chi connectivity index (χ1n) is 9.98. The van der Waals surface area contributed by atoms with Crippen molar-refractivity contribution in [3.63, 3.8) is 0 Å². The van der Waals surface area contributed by atoms with Crippen LogP contribution in [-0.4, -0.2) is 18.4 Å². The predicted molar refractivity (Wildman–Crippen MR) is 117 cm³/mol. The molecule has 3 aromatic rings. The molecule has 3 aromatic carbocycles. The van der Waals surface area contributed by atoms with Crippen molar-refractivity contribution in [3.8, 4) is 0 Å². The van der Waals surface area contributed by atoms with Crippen LogP contribution < -0.4 is 10.2 Å². The van der Waals surface area contributed by atoms with Crippen LogP contribution in [0.3, 0.4) is 0 Å². The normalized spacial score (nSPS) is 10.4. The number of amides is 2. The fourth-order valence-electron chi connectivity index (χ4n) is 3.06. The first-order chi connectivity index (χ1) is 14.2. The summed E-state index contributed by atoms with van der Waals surface area (Å²) in [4.78, 5) is 27.2. The van der Waals surface area contributed by atoms with E-state index in [2.05, 4.69) is 12.2 Å². The Labute approximate surface area is 172 Å². The summed E-state index contributed by atoms with van der Waals surface area (Å²) in [6.07, 6.45) is 1.98. The number of nitrogens with one attached hydrogen (secondary N) is 1. The van der Waals surface area contributed by atoms with Crippen molar-refractivity contribution in [2.45, 2.75) is 26.3 Å². The zero-order chi connectivity index (χ0) is 20.5. The highest BCUT2D eigenvalue weighted by molar-refractivity contribution is 6.06. The molecule has 0 fully saturated rings. The molecule has 0 bridgehead atoms. The molecule has 0 saturated heterocycles. The van der Waals surface area contributed by atoms with Gasteiger partial charge in [-0.05, 0) is 48.4 Å². The number of carbonyl (C=O) groups excluding carboxylic acids is 2. The molecule has 0 heterocycles. The van der Waals surface area contributed by atoms with Gasteiger partial charge in [-0.15, -0.1) is 0 Å². The molecule has 3 rings (SSSR count). The molecule has 0 saturated carbocycles. The fraction of sp³-hybridized carbons (Fsp3) is 0.200. The number of benzene rings is 3. The van der Waals surface area contributed by atoms with E-state index in [0.717, 1.165) is 24.1 Å². The number of unbranched alkanes of at least 4 members (excludes halogenated alkanes) is 1. The summed E-state index contributed by atoms with van der Waals surface area (Å²) in [5, 5.41) is 2.90. The van der Waals surface area contributed by atoms with Crippen LogP contribution in [0.1, 0.15) is 46.0 Å². The third kappa shape index (κ3) is 5.55. The summed E-state index contributed by atoms with van der Waals surface area (Å²) in [5.74, 6) is -0.209. The molecule has 0 aliphatic carbocycles. The second-order valence-corrected chi connectivity index (χ2v) is 6.90. The Morgan fingerprint density at radius 1 is 0.793 bits per heavy atom. The van der Waals surface area contributed by atoms with Crippen molar-refractivity contribution >= 4 is 17.5 Å². The van der Waals surface area contributed by atoms with Gasteiger partial charge < -0.3 is 10.2 Å². The molecular weight excluding hydrogens is 360 g/mol. The van der Waals surface area contributed by atoms with Crippen LogP contribution in [0.4, 0.5) is 5.69 Å². The molecule has 0 aromatic heterocycles. The third-order valence-electron chi connectivity index (χ3n) is 4.71. The third-order valence-corrected chi connectivity index (χ3v) is 4.71.